The van der Waals surface area contributed by atoms with Crippen LogP contribution in [-0.4, -0.2) is 48.9 Å². The standard InChI is InChI=1S/C15H23N3O2.C2H6/c1-12-5-7-14(8-6-12)11-16-15(20)18(4)10-9-17(3)13(2)19;1-2/h5-8H,9-11H2,1-4H3,(H,16,20);1-2H3. The topological polar surface area (TPSA) is 52.7 Å². The van der Waals surface area contributed by atoms with Crippen LogP contribution in [0.25, 0.3) is 0 Å². The van der Waals surface area contributed by atoms with Gasteiger partial charge in [0, 0.05) is 40.7 Å². The van der Waals surface area contributed by atoms with Gasteiger partial charge in [-0.25, -0.2) is 4.79 Å². The molecule has 1 N–H and O–H groups in total. The van der Waals surface area contributed by atoms with Gasteiger partial charge < -0.3 is 15.1 Å². The number of hydrogen-bond donors (Lipinski definition) is 1. The normalized spacial score (nSPS) is 9.36. The zero-order valence-corrected chi connectivity index (χ0v) is 14.6. The molecular weight excluding hydrogens is 278 g/mol. The maximum Gasteiger partial charge on any atom is 0.317 e. The maximum atomic E-state index is 11.9. The first kappa shape index (κ1) is 20.0. The van der Waals surface area contributed by atoms with Gasteiger partial charge in [-0.3, -0.25) is 4.79 Å². The van der Waals surface area contributed by atoms with Crippen LogP contribution >= 0.6 is 0 Å². The quantitative estimate of drug-likeness (QED) is 0.909. The predicted octanol–water partition coefficient (Wildman–Crippen LogP) is 2.64. The summed E-state index contributed by atoms with van der Waals surface area (Å²) in [5, 5.41) is 2.85. The van der Waals surface area contributed by atoms with E-state index in [0.717, 1.165) is 5.56 Å². The molecule has 0 bridgehead atoms. The SMILES string of the molecule is CC.CC(=O)N(C)CCN(C)C(=O)NCc1ccc(C)cc1. The van der Waals surface area contributed by atoms with Gasteiger partial charge in [0.2, 0.25) is 5.91 Å². The first-order chi connectivity index (χ1) is 10.4. The number of nitrogens with zero attached hydrogens (tertiary/aromatic N) is 2. The molecule has 0 aliphatic carbocycles. The van der Waals surface area contributed by atoms with Crippen LogP contribution in [-0.2, 0) is 11.3 Å². The summed E-state index contributed by atoms with van der Waals surface area (Å²) in [4.78, 5) is 26.1. The summed E-state index contributed by atoms with van der Waals surface area (Å²) in [5.41, 5.74) is 2.27. The van der Waals surface area contributed by atoms with E-state index in [9.17, 15) is 9.59 Å². The van der Waals surface area contributed by atoms with E-state index < -0.39 is 0 Å². The zero-order valence-electron chi connectivity index (χ0n) is 14.6. The predicted molar refractivity (Wildman–Crippen MR) is 90.7 cm³/mol. The molecule has 1 rings (SSSR count). The molecule has 1 aromatic rings. The maximum absolute atomic E-state index is 11.9. The van der Waals surface area contributed by atoms with Gasteiger partial charge in [0.15, 0.2) is 0 Å². The largest absolute Gasteiger partial charge is 0.344 e. The van der Waals surface area contributed by atoms with E-state index >= 15 is 0 Å². The van der Waals surface area contributed by atoms with Gasteiger partial charge >= 0.3 is 6.03 Å². The van der Waals surface area contributed by atoms with Crippen LogP contribution in [0.3, 0.4) is 0 Å². The molecule has 0 fully saturated rings. The molecule has 0 saturated heterocycles. The number of rotatable bonds is 5. The summed E-state index contributed by atoms with van der Waals surface area (Å²) in [6.45, 7) is 9.09. The minimum atomic E-state index is -0.137. The molecule has 0 aliphatic heterocycles. The summed E-state index contributed by atoms with van der Waals surface area (Å²) >= 11 is 0. The van der Waals surface area contributed by atoms with Crippen molar-refractivity contribution in [1.82, 2.24) is 15.1 Å². The molecular formula is C17H29N3O2. The molecule has 0 atom stereocenters. The van der Waals surface area contributed by atoms with E-state index in [1.165, 1.54) is 12.5 Å². The number of carbonyl (C=O) groups excluding carboxylic acids is 2. The minimum absolute atomic E-state index is 0.00142. The van der Waals surface area contributed by atoms with Gasteiger partial charge in [-0.05, 0) is 12.5 Å². The minimum Gasteiger partial charge on any atom is -0.344 e. The molecule has 22 heavy (non-hydrogen) atoms. The highest BCUT2D eigenvalue weighted by Crippen LogP contribution is 2.02. The van der Waals surface area contributed by atoms with E-state index in [1.807, 2.05) is 45.0 Å². The van der Waals surface area contributed by atoms with Crippen molar-refractivity contribution in [2.24, 2.45) is 0 Å². The lowest BCUT2D eigenvalue weighted by molar-refractivity contribution is -0.127. The smallest absolute Gasteiger partial charge is 0.317 e. The van der Waals surface area contributed by atoms with Crippen LogP contribution in [0.4, 0.5) is 4.79 Å². The van der Waals surface area contributed by atoms with Crippen molar-refractivity contribution in [1.29, 1.82) is 0 Å². The second-order valence-electron chi connectivity index (χ2n) is 5.01. The molecule has 0 aliphatic rings. The van der Waals surface area contributed by atoms with Gasteiger partial charge in [-0.2, -0.15) is 0 Å². The highest BCUT2D eigenvalue weighted by atomic mass is 16.2. The van der Waals surface area contributed by atoms with Crippen molar-refractivity contribution in [3.63, 3.8) is 0 Å². The lowest BCUT2D eigenvalue weighted by Gasteiger charge is -2.21. The third kappa shape index (κ3) is 7.67. The number of benzene rings is 1. The molecule has 0 aromatic heterocycles. The van der Waals surface area contributed by atoms with E-state index in [1.54, 1.807) is 23.9 Å². The molecule has 0 heterocycles. The fourth-order valence-corrected chi connectivity index (χ4v) is 1.58. The zero-order chi connectivity index (χ0) is 17.1. The number of carbonyl (C=O) groups is 2. The van der Waals surface area contributed by atoms with Gasteiger partial charge in [0.05, 0.1) is 0 Å². The third-order valence-corrected chi connectivity index (χ3v) is 3.22. The number of urea groups is 1. The summed E-state index contributed by atoms with van der Waals surface area (Å²) in [6.07, 6.45) is 0. The number of hydrogen-bond acceptors (Lipinski definition) is 2. The summed E-state index contributed by atoms with van der Waals surface area (Å²) in [7, 11) is 3.44. The van der Waals surface area contributed by atoms with Crippen molar-refractivity contribution in [2.45, 2.75) is 34.2 Å². The highest BCUT2D eigenvalue weighted by Gasteiger charge is 2.09. The van der Waals surface area contributed by atoms with Crippen LogP contribution in [0, 0.1) is 6.92 Å². The second-order valence-corrected chi connectivity index (χ2v) is 5.01. The Bertz CT molecular complexity index is 457. The Kier molecular flexibility index (Phi) is 9.67. The van der Waals surface area contributed by atoms with Crippen molar-refractivity contribution >= 4 is 11.9 Å². The van der Waals surface area contributed by atoms with Crippen LogP contribution in [0.15, 0.2) is 24.3 Å². The van der Waals surface area contributed by atoms with Crippen LogP contribution < -0.4 is 5.32 Å². The summed E-state index contributed by atoms with van der Waals surface area (Å²) in [6, 6.07) is 7.90. The van der Waals surface area contributed by atoms with E-state index in [2.05, 4.69) is 5.32 Å². The molecule has 5 heteroatoms. The lowest BCUT2D eigenvalue weighted by Crippen LogP contribution is -2.41. The lowest BCUT2D eigenvalue weighted by atomic mass is 10.1. The van der Waals surface area contributed by atoms with Gasteiger partial charge in [0.1, 0.15) is 0 Å². The molecule has 0 spiro atoms. The van der Waals surface area contributed by atoms with Gasteiger partial charge in [-0.1, -0.05) is 43.7 Å². The monoisotopic (exact) mass is 307 g/mol. The van der Waals surface area contributed by atoms with Crippen LogP contribution in [0.1, 0.15) is 31.9 Å². The van der Waals surface area contributed by atoms with Gasteiger partial charge in [0.25, 0.3) is 0 Å². The van der Waals surface area contributed by atoms with Gasteiger partial charge in [-0.15, -0.1) is 0 Å². The Labute approximate surface area is 134 Å². The fraction of sp³-hybridized carbons (Fsp3) is 0.529. The molecule has 3 amide bonds. The van der Waals surface area contributed by atoms with Crippen LogP contribution in [0.2, 0.25) is 0 Å². The second kappa shape index (κ2) is 10.7. The fourth-order valence-electron chi connectivity index (χ4n) is 1.58. The number of nitrogens with one attached hydrogen (secondary N) is 1. The van der Waals surface area contributed by atoms with E-state index in [0.29, 0.717) is 19.6 Å². The number of aryl methyl sites for hydroxylation is 1. The van der Waals surface area contributed by atoms with Crippen molar-refractivity contribution < 1.29 is 9.59 Å². The number of amides is 3. The van der Waals surface area contributed by atoms with E-state index in [-0.39, 0.29) is 11.9 Å². The van der Waals surface area contributed by atoms with Crippen molar-refractivity contribution in [2.75, 3.05) is 27.2 Å². The first-order valence-corrected chi connectivity index (χ1v) is 7.66. The molecule has 0 saturated carbocycles. The van der Waals surface area contributed by atoms with Crippen LogP contribution in [0.5, 0.6) is 0 Å². The first-order valence-electron chi connectivity index (χ1n) is 7.66. The Balaban J connectivity index is 0.00000211. The average Bonchev–Trinajstić information content (AvgIpc) is 2.53. The average molecular weight is 307 g/mol. The molecule has 1 aromatic carbocycles. The Hall–Kier alpha value is -2.04. The van der Waals surface area contributed by atoms with Crippen molar-refractivity contribution in [3.05, 3.63) is 35.4 Å². The number of likely N-dealkylation sites (N-methyl/N-ethyl adjacent to an activating group) is 2. The molecule has 0 radical (unpaired) electrons. The Morgan fingerprint density at radius 2 is 1.50 bits per heavy atom. The molecule has 5 nitrogen and oxygen atoms in total. The Morgan fingerprint density at radius 3 is 2.00 bits per heavy atom. The van der Waals surface area contributed by atoms with Crippen molar-refractivity contribution in [3.8, 4) is 0 Å². The molecule has 0 unspecified atom stereocenters. The van der Waals surface area contributed by atoms with E-state index in [4.69, 9.17) is 0 Å². The Morgan fingerprint density at radius 1 is 1.00 bits per heavy atom. The third-order valence-electron chi connectivity index (χ3n) is 3.22. The summed E-state index contributed by atoms with van der Waals surface area (Å²) in [5.74, 6) is -0.00142. The molecule has 124 valence electrons. The highest BCUT2D eigenvalue weighted by molar-refractivity contribution is 5.74. The summed E-state index contributed by atoms with van der Waals surface area (Å²) < 4.78 is 0.